The lowest BCUT2D eigenvalue weighted by atomic mass is 9.81. The third-order valence-electron chi connectivity index (χ3n) is 13.3. The second kappa shape index (κ2) is 27.8. The highest BCUT2D eigenvalue weighted by molar-refractivity contribution is 7.86. The van der Waals surface area contributed by atoms with Gasteiger partial charge in [0.1, 0.15) is 15.9 Å². The highest BCUT2D eigenvalue weighted by atomic mass is 32.2. The smallest absolute Gasteiger partial charge is 0.294 e. The zero-order valence-electron chi connectivity index (χ0n) is 44.2. The maximum atomic E-state index is 12.6. The Morgan fingerprint density at radius 1 is 0.679 bits per heavy atom. The van der Waals surface area contributed by atoms with E-state index in [4.69, 9.17) is 14.2 Å². The Labute approximate surface area is 457 Å². The fraction of sp³-hybridized carbons (Fsp3) is 0.500. The quantitative estimate of drug-likeness (QED) is 0.0242. The first-order valence-electron chi connectivity index (χ1n) is 25.4. The van der Waals surface area contributed by atoms with Crippen LogP contribution < -0.4 is 10.2 Å². The van der Waals surface area contributed by atoms with Gasteiger partial charge in [-0.15, -0.1) is 0 Å². The summed E-state index contributed by atoms with van der Waals surface area (Å²) >= 11 is 0. The van der Waals surface area contributed by atoms with Crippen LogP contribution in [0.5, 0.6) is 0 Å². The molecule has 5 rings (SSSR count). The number of ether oxygens (including phenoxy) is 3. The molecule has 3 heterocycles. The van der Waals surface area contributed by atoms with Gasteiger partial charge in [-0.1, -0.05) is 51.0 Å². The number of hydrogen-bond donors (Lipinski definition) is 4. The van der Waals surface area contributed by atoms with E-state index in [-0.39, 0.29) is 35.7 Å². The standard InChI is InChI=1S/C52H70N4O18S4/c1-51(2)42-37-40(77(66,67)68)19-21-44(42)54(27-35-75(60,61)62)46(51)16-9-14-39(15-10-17-47-52(3,4)43-38-41(78(69,70)71)20-22-45(43)55(47)28-36-76(63,64)65)13-7-5-6-8-18-48(57)53-25-11-29-72-31-33-74-34-32-73-30-12-26-56-49(58)23-24-50(56)59/h9-10,14-17,19-24,37-38H,5-8,11-13,18,25-36H2,1-4H3,(H4-,53,57,60,61,62,63,64,65,66,67,68,69,70,71). The van der Waals surface area contributed by atoms with Crippen LogP contribution in [0.1, 0.15) is 90.2 Å². The number of allylic oxidation sites excluding steroid dienone is 8. The normalized spacial score (nSPS) is 17.2. The molecule has 2 aromatic rings. The van der Waals surface area contributed by atoms with E-state index in [2.05, 4.69) is 5.32 Å². The summed E-state index contributed by atoms with van der Waals surface area (Å²) in [6, 6.07) is 7.81. The molecule has 3 aliphatic heterocycles. The van der Waals surface area contributed by atoms with E-state index in [9.17, 15) is 66.3 Å². The van der Waals surface area contributed by atoms with Crippen molar-refractivity contribution in [3.63, 3.8) is 0 Å². The molecule has 430 valence electrons. The number of carbonyl (C=O) groups is 3. The van der Waals surface area contributed by atoms with Crippen molar-refractivity contribution in [2.24, 2.45) is 0 Å². The first-order valence-corrected chi connectivity index (χ1v) is 31.4. The Kier molecular flexibility index (Phi) is 22.6. The van der Waals surface area contributed by atoms with Crippen molar-refractivity contribution in [2.45, 2.75) is 99.7 Å². The van der Waals surface area contributed by atoms with Gasteiger partial charge in [-0.25, -0.2) is 8.42 Å². The molecule has 3 aliphatic rings. The Hall–Kier alpha value is -5.26. The van der Waals surface area contributed by atoms with Crippen LogP contribution in [-0.2, 0) is 79.9 Å². The molecule has 3 amide bonds. The van der Waals surface area contributed by atoms with E-state index in [0.717, 1.165) is 29.4 Å². The van der Waals surface area contributed by atoms with Gasteiger partial charge in [-0.05, 0) is 93.5 Å². The molecule has 0 saturated carbocycles. The molecule has 22 nitrogen and oxygen atoms in total. The Bertz CT molecular complexity index is 3160. The fourth-order valence-electron chi connectivity index (χ4n) is 9.24. The largest absolute Gasteiger partial charge is 0.744 e. The number of anilines is 1. The summed E-state index contributed by atoms with van der Waals surface area (Å²) < 4.78 is 155. The van der Waals surface area contributed by atoms with Crippen molar-refractivity contribution in [3.05, 3.63) is 107 Å². The van der Waals surface area contributed by atoms with Crippen molar-refractivity contribution >= 4 is 75.3 Å². The Morgan fingerprint density at radius 2 is 1.27 bits per heavy atom. The summed E-state index contributed by atoms with van der Waals surface area (Å²) in [4.78, 5) is 37.7. The molecule has 26 heteroatoms. The topological polar surface area (TPSA) is 321 Å². The molecule has 0 spiro atoms. The average molecular weight is 1170 g/mol. The van der Waals surface area contributed by atoms with E-state index in [1.54, 1.807) is 61.5 Å². The van der Waals surface area contributed by atoms with Crippen LogP contribution in [0.2, 0.25) is 0 Å². The number of nitrogens with one attached hydrogen (secondary N) is 1. The van der Waals surface area contributed by atoms with Gasteiger partial charge in [0.25, 0.3) is 42.2 Å². The van der Waals surface area contributed by atoms with Crippen LogP contribution in [0.4, 0.5) is 11.4 Å². The number of benzene rings is 2. The van der Waals surface area contributed by atoms with Crippen molar-refractivity contribution in [3.8, 4) is 0 Å². The monoisotopic (exact) mass is 1170 g/mol. The summed E-state index contributed by atoms with van der Waals surface area (Å²) in [6.45, 7) is 9.85. The molecular weight excluding hydrogens is 1100 g/mol. The minimum atomic E-state index is -4.84. The van der Waals surface area contributed by atoms with E-state index in [1.165, 1.54) is 42.5 Å². The van der Waals surface area contributed by atoms with Crippen LogP contribution in [0.25, 0.3) is 0 Å². The number of fused-ring (bicyclic) bond motifs is 2. The first kappa shape index (κ1) is 63.6. The number of nitrogens with zero attached hydrogens (tertiary/aromatic N) is 3. The molecular formula is C52H70N4O18S4. The number of unbranched alkanes of at least 4 members (excludes halogenated alkanes) is 3. The van der Waals surface area contributed by atoms with Gasteiger partial charge in [0.2, 0.25) is 11.6 Å². The molecule has 0 unspecified atom stereocenters. The van der Waals surface area contributed by atoms with Gasteiger partial charge in [-0.3, -0.25) is 32.9 Å². The molecule has 4 N–H and O–H groups in total. The third kappa shape index (κ3) is 18.7. The second-order valence-electron chi connectivity index (χ2n) is 19.8. The molecule has 0 aliphatic carbocycles. The molecule has 78 heavy (non-hydrogen) atoms. The minimum Gasteiger partial charge on any atom is -0.744 e. The fourth-order valence-corrected chi connectivity index (χ4v) is 11.1. The van der Waals surface area contributed by atoms with Crippen LogP contribution in [0.3, 0.4) is 0 Å². The predicted molar refractivity (Wildman–Crippen MR) is 289 cm³/mol. The number of hydrogen-bond acceptors (Lipinski definition) is 16. The molecule has 0 atom stereocenters. The highest BCUT2D eigenvalue weighted by Gasteiger charge is 2.45. The number of carbonyl (C=O) groups excluding carboxylic acids is 3. The van der Waals surface area contributed by atoms with E-state index >= 15 is 0 Å². The van der Waals surface area contributed by atoms with Gasteiger partial charge < -0.3 is 29.0 Å². The molecule has 2 aromatic carbocycles. The third-order valence-corrected chi connectivity index (χ3v) is 16.4. The summed E-state index contributed by atoms with van der Waals surface area (Å²) in [6.07, 6.45) is 17.9. The maximum absolute atomic E-state index is 12.6. The molecule has 0 radical (unpaired) electrons. The summed E-state index contributed by atoms with van der Waals surface area (Å²) in [5.41, 5.74) is 1.91. The lowest BCUT2D eigenvalue weighted by Gasteiger charge is -2.26. The zero-order chi connectivity index (χ0) is 57.5. The van der Waals surface area contributed by atoms with Crippen molar-refractivity contribution in [1.29, 1.82) is 0 Å². The first-order chi connectivity index (χ1) is 36.5. The Balaban J connectivity index is 1.20. The Morgan fingerprint density at radius 3 is 1.88 bits per heavy atom. The van der Waals surface area contributed by atoms with Gasteiger partial charge >= 0.3 is 0 Å². The van der Waals surface area contributed by atoms with Gasteiger partial charge in [-0.2, -0.15) is 29.8 Å². The summed E-state index contributed by atoms with van der Waals surface area (Å²) in [7, 11) is -18.3. The van der Waals surface area contributed by atoms with Gasteiger partial charge in [0.05, 0.1) is 47.4 Å². The maximum Gasteiger partial charge on any atom is 0.294 e. The van der Waals surface area contributed by atoms with Crippen LogP contribution in [0, 0.1) is 0 Å². The SMILES string of the molecule is CC1(C)C(/C=C/C=C(/C=C/C=C2/N(CCS(=O)(=O)O)c3ccc(S(=O)(=O)O)cc3C2(C)C)CCCCCCC(=O)NCCCOCCOCCOCCCN2C(=O)C=CC2=O)=[N+](CCS(=O)(=O)O)c2ccc(S(=O)(=O)[O-])cc21. The van der Waals surface area contributed by atoms with Crippen LogP contribution in [0.15, 0.2) is 106 Å². The molecule has 0 fully saturated rings. The van der Waals surface area contributed by atoms with E-state index in [1.807, 2.05) is 12.2 Å². The van der Waals surface area contributed by atoms with Crippen LogP contribution >= 0.6 is 0 Å². The number of imide groups is 1. The van der Waals surface area contributed by atoms with Crippen molar-refractivity contribution < 1.29 is 85.1 Å². The van der Waals surface area contributed by atoms with Crippen molar-refractivity contribution in [1.82, 2.24) is 10.2 Å². The number of rotatable bonds is 33. The zero-order valence-corrected chi connectivity index (χ0v) is 47.4. The lowest BCUT2D eigenvalue weighted by molar-refractivity contribution is -0.432. The van der Waals surface area contributed by atoms with E-state index in [0.29, 0.717) is 125 Å². The predicted octanol–water partition coefficient (Wildman–Crippen LogP) is 4.92. The highest BCUT2D eigenvalue weighted by Crippen LogP contribution is 2.48. The average Bonchev–Trinajstić information content (AvgIpc) is 4.13. The minimum absolute atomic E-state index is 0.0851. The van der Waals surface area contributed by atoms with Gasteiger partial charge in [0, 0.05) is 85.9 Å². The second-order valence-corrected chi connectivity index (χ2v) is 25.7. The summed E-state index contributed by atoms with van der Waals surface area (Å²) in [5, 5.41) is 2.91. The number of amides is 3. The summed E-state index contributed by atoms with van der Waals surface area (Å²) in [5.74, 6) is -2.01. The van der Waals surface area contributed by atoms with Crippen LogP contribution in [-0.4, -0.2) is 162 Å². The van der Waals surface area contributed by atoms with E-state index < -0.39 is 67.7 Å². The lowest BCUT2D eigenvalue weighted by Crippen LogP contribution is -2.31. The molecule has 0 bridgehead atoms. The van der Waals surface area contributed by atoms with Crippen molar-refractivity contribution in [2.75, 3.05) is 82.2 Å². The molecule has 0 aromatic heterocycles. The van der Waals surface area contributed by atoms with Gasteiger partial charge in [0.15, 0.2) is 12.3 Å². The molecule has 0 saturated heterocycles.